The maximum atomic E-state index is 13.0. The fourth-order valence-electron chi connectivity index (χ4n) is 2.96. The molecule has 3 nitrogen and oxygen atoms in total. The number of ether oxygens (including phenoxy) is 1. The fourth-order valence-corrected chi connectivity index (χ4v) is 2.96. The van der Waals surface area contributed by atoms with Crippen LogP contribution in [-0.4, -0.2) is 18.6 Å². The highest BCUT2D eigenvalue weighted by Gasteiger charge is 2.42. The Kier molecular flexibility index (Phi) is 4.63. The predicted octanol–water partition coefficient (Wildman–Crippen LogP) is 3.75. The van der Waals surface area contributed by atoms with E-state index in [-0.39, 0.29) is 11.8 Å². The van der Waals surface area contributed by atoms with Gasteiger partial charge in [-0.05, 0) is 55.9 Å². The standard InChI is InChI=1S/C16H22FNO2/c1-3-12-8-10-16(11-9-12,15(19)20-2)18-14-6-4-13(17)5-7-14/h4-7,12,18H,3,8-11H2,1-2H3. The third-order valence-corrected chi connectivity index (χ3v) is 4.34. The van der Waals surface area contributed by atoms with Crippen molar-refractivity contribution in [1.82, 2.24) is 0 Å². The van der Waals surface area contributed by atoms with E-state index >= 15 is 0 Å². The third-order valence-electron chi connectivity index (χ3n) is 4.34. The van der Waals surface area contributed by atoms with Crippen LogP contribution in [0.3, 0.4) is 0 Å². The smallest absolute Gasteiger partial charge is 0.331 e. The number of hydrogen-bond donors (Lipinski definition) is 1. The first kappa shape index (κ1) is 14.8. The maximum absolute atomic E-state index is 13.0. The molecule has 0 amide bonds. The number of hydrogen-bond acceptors (Lipinski definition) is 3. The Morgan fingerprint density at radius 1 is 1.35 bits per heavy atom. The van der Waals surface area contributed by atoms with Crippen molar-refractivity contribution in [3.05, 3.63) is 30.1 Å². The van der Waals surface area contributed by atoms with E-state index in [0.29, 0.717) is 5.92 Å². The minimum absolute atomic E-state index is 0.226. The van der Waals surface area contributed by atoms with Gasteiger partial charge >= 0.3 is 5.97 Å². The molecule has 0 aliphatic heterocycles. The number of methoxy groups -OCH3 is 1. The first-order valence-electron chi connectivity index (χ1n) is 7.22. The van der Waals surface area contributed by atoms with E-state index in [9.17, 15) is 9.18 Å². The van der Waals surface area contributed by atoms with Crippen LogP contribution in [0.4, 0.5) is 10.1 Å². The van der Waals surface area contributed by atoms with Crippen LogP contribution in [0.1, 0.15) is 39.0 Å². The number of anilines is 1. The Morgan fingerprint density at radius 2 is 1.95 bits per heavy atom. The number of halogens is 1. The first-order valence-corrected chi connectivity index (χ1v) is 7.22. The largest absolute Gasteiger partial charge is 0.467 e. The SMILES string of the molecule is CCC1CCC(Nc2ccc(F)cc2)(C(=O)OC)CC1. The Bertz CT molecular complexity index is 450. The summed E-state index contributed by atoms with van der Waals surface area (Å²) in [5.41, 5.74) is 0.0878. The monoisotopic (exact) mass is 279 g/mol. The molecule has 0 spiro atoms. The van der Waals surface area contributed by atoms with Gasteiger partial charge in [-0.1, -0.05) is 13.3 Å². The normalized spacial score (nSPS) is 26.1. The van der Waals surface area contributed by atoms with Crippen LogP contribution in [0, 0.1) is 11.7 Å². The van der Waals surface area contributed by atoms with Crippen LogP contribution in [-0.2, 0) is 9.53 Å². The summed E-state index contributed by atoms with van der Waals surface area (Å²) < 4.78 is 17.9. The molecule has 0 bridgehead atoms. The summed E-state index contributed by atoms with van der Waals surface area (Å²) in [6.07, 6.45) is 4.69. The van der Waals surface area contributed by atoms with Gasteiger partial charge in [0.15, 0.2) is 0 Å². The molecule has 1 aromatic carbocycles. The zero-order valence-electron chi connectivity index (χ0n) is 12.1. The zero-order chi connectivity index (χ0) is 14.6. The van der Waals surface area contributed by atoms with E-state index in [1.807, 2.05) is 0 Å². The molecule has 4 heteroatoms. The highest BCUT2D eigenvalue weighted by molar-refractivity contribution is 5.84. The summed E-state index contributed by atoms with van der Waals surface area (Å²) in [7, 11) is 1.42. The van der Waals surface area contributed by atoms with Gasteiger partial charge in [0.2, 0.25) is 0 Å². The molecular weight excluding hydrogens is 257 g/mol. The maximum Gasteiger partial charge on any atom is 0.331 e. The van der Waals surface area contributed by atoms with Crippen LogP contribution in [0.15, 0.2) is 24.3 Å². The summed E-state index contributed by atoms with van der Waals surface area (Å²) in [6.45, 7) is 2.18. The molecule has 1 saturated carbocycles. The number of esters is 1. The molecule has 20 heavy (non-hydrogen) atoms. The van der Waals surface area contributed by atoms with Crippen LogP contribution >= 0.6 is 0 Å². The third kappa shape index (κ3) is 3.11. The van der Waals surface area contributed by atoms with E-state index in [1.165, 1.54) is 19.2 Å². The minimum Gasteiger partial charge on any atom is -0.467 e. The average Bonchev–Trinajstić information content (AvgIpc) is 2.49. The van der Waals surface area contributed by atoms with E-state index in [1.54, 1.807) is 12.1 Å². The summed E-state index contributed by atoms with van der Waals surface area (Å²) in [6, 6.07) is 6.10. The van der Waals surface area contributed by atoms with Gasteiger partial charge in [0, 0.05) is 5.69 Å². The second-order valence-corrected chi connectivity index (χ2v) is 5.56. The van der Waals surface area contributed by atoms with Crippen molar-refractivity contribution in [3.63, 3.8) is 0 Å². The van der Waals surface area contributed by atoms with Gasteiger partial charge in [0.25, 0.3) is 0 Å². The second-order valence-electron chi connectivity index (χ2n) is 5.56. The number of carbonyl (C=O) groups excluding carboxylic acids is 1. The fraction of sp³-hybridized carbons (Fsp3) is 0.562. The highest BCUT2D eigenvalue weighted by Crippen LogP contribution is 2.37. The van der Waals surface area contributed by atoms with Crippen molar-refractivity contribution < 1.29 is 13.9 Å². The van der Waals surface area contributed by atoms with Crippen LogP contribution in [0.5, 0.6) is 0 Å². The van der Waals surface area contributed by atoms with Gasteiger partial charge in [0.05, 0.1) is 7.11 Å². The molecule has 0 saturated heterocycles. The predicted molar refractivity (Wildman–Crippen MR) is 77.0 cm³/mol. The number of benzene rings is 1. The summed E-state index contributed by atoms with van der Waals surface area (Å²) >= 11 is 0. The van der Waals surface area contributed by atoms with Crippen molar-refractivity contribution in [2.24, 2.45) is 5.92 Å². The molecule has 0 aromatic heterocycles. The van der Waals surface area contributed by atoms with E-state index in [0.717, 1.165) is 37.8 Å². The number of nitrogens with one attached hydrogen (secondary N) is 1. The molecule has 1 aliphatic rings. The number of carbonyl (C=O) groups is 1. The molecule has 0 radical (unpaired) electrons. The molecule has 1 aromatic rings. The zero-order valence-corrected chi connectivity index (χ0v) is 12.1. The Balaban J connectivity index is 2.16. The number of rotatable bonds is 4. The van der Waals surface area contributed by atoms with Gasteiger partial charge in [-0.2, -0.15) is 0 Å². The van der Waals surface area contributed by atoms with Crippen LogP contribution in [0.2, 0.25) is 0 Å². The van der Waals surface area contributed by atoms with Gasteiger partial charge in [-0.3, -0.25) is 0 Å². The van der Waals surface area contributed by atoms with E-state index in [2.05, 4.69) is 12.2 Å². The second kappa shape index (κ2) is 6.25. The van der Waals surface area contributed by atoms with E-state index in [4.69, 9.17) is 4.74 Å². The molecule has 2 rings (SSSR count). The summed E-state index contributed by atoms with van der Waals surface area (Å²) in [5, 5.41) is 3.28. The lowest BCUT2D eigenvalue weighted by molar-refractivity contribution is -0.147. The first-order chi connectivity index (χ1) is 9.59. The lowest BCUT2D eigenvalue weighted by atomic mass is 9.75. The molecule has 1 fully saturated rings. The highest BCUT2D eigenvalue weighted by atomic mass is 19.1. The Labute approximate surface area is 119 Å². The minimum atomic E-state index is -0.668. The Hall–Kier alpha value is -1.58. The molecule has 1 N–H and O–H groups in total. The van der Waals surface area contributed by atoms with Gasteiger partial charge in [-0.15, -0.1) is 0 Å². The molecule has 0 atom stereocenters. The van der Waals surface area contributed by atoms with Crippen LogP contribution in [0.25, 0.3) is 0 Å². The summed E-state index contributed by atoms with van der Waals surface area (Å²) in [4.78, 5) is 12.2. The molecule has 110 valence electrons. The molecular formula is C16H22FNO2. The summed E-state index contributed by atoms with van der Waals surface area (Å²) in [5.74, 6) is 0.177. The molecule has 0 heterocycles. The molecule has 1 aliphatic carbocycles. The lowest BCUT2D eigenvalue weighted by Crippen LogP contribution is -2.49. The van der Waals surface area contributed by atoms with Crippen molar-refractivity contribution in [2.45, 2.75) is 44.6 Å². The Morgan fingerprint density at radius 3 is 2.45 bits per heavy atom. The topological polar surface area (TPSA) is 38.3 Å². The van der Waals surface area contributed by atoms with Crippen molar-refractivity contribution in [1.29, 1.82) is 0 Å². The van der Waals surface area contributed by atoms with Gasteiger partial charge < -0.3 is 10.1 Å². The lowest BCUT2D eigenvalue weighted by Gasteiger charge is -2.39. The van der Waals surface area contributed by atoms with Crippen molar-refractivity contribution >= 4 is 11.7 Å². The molecule has 0 unspecified atom stereocenters. The van der Waals surface area contributed by atoms with Crippen LogP contribution < -0.4 is 5.32 Å². The average molecular weight is 279 g/mol. The quantitative estimate of drug-likeness (QED) is 0.853. The van der Waals surface area contributed by atoms with Crippen molar-refractivity contribution in [3.8, 4) is 0 Å². The van der Waals surface area contributed by atoms with E-state index < -0.39 is 5.54 Å². The van der Waals surface area contributed by atoms with Crippen molar-refractivity contribution in [2.75, 3.05) is 12.4 Å². The van der Waals surface area contributed by atoms with Gasteiger partial charge in [-0.25, -0.2) is 9.18 Å². The van der Waals surface area contributed by atoms with Gasteiger partial charge in [0.1, 0.15) is 11.4 Å².